The summed E-state index contributed by atoms with van der Waals surface area (Å²) in [4.78, 5) is 11.6. The molecule has 0 aliphatic rings. The summed E-state index contributed by atoms with van der Waals surface area (Å²) in [6.45, 7) is 0.617. The van der Waals surface area contributed by atoms with E-state index >= 15 is 0 Å². The molecule has 0 atom stereocenters. The molecule has 2 heterocycles. The highest BCUT2D eigenvalue weighted by molar-refractivity contribution is 7.07. The van der Waals surface area contributed by atoms with E-state index < -0.39 is 0 Å². The number of rotatable bonds is 4. The molecule has 0 aromatic carbocycles. The second kappa shape index (κ2) is 4.89. The summed E-state index contributed by atoms with van der Waals surface area (Å²) in [5, 5.41) is 14.3. The van der Waals surface area contributed by atoms with Crippen molar-refractivity contribution in [2.24, 2.45) is 7.05 Å². The number of aromatic nitrogens is 3. The van der Waals surface area contributed by atoms with E-state index in [1.165, 1.54) is 10.2 Å². The van der Waals surface area contributed by atoms with Crippen LogP contribution in [-0.2, 0) is 13.5 Å². The predicted molar refractivity (Wildman–Crippen MR) is 61.4 cm³/mol. The van der Waals surface area contributed by atoms with Gasteiger partial charge >= 0.3 is 0 Å². The number of carbonyl (C=O) groups excluding carboxylic acids is 1. The molecule has 2 rings (SSSR count). The van der Waals surface area contributed by atoms with E-state index in [9.17, 15) is 4.79 Å². The van der Waals surface area contributed by atoms with Crippen LogP contribution >= 0.6 is 11.3 Å². The van der Waals surface area contributed by atoms with Crippen molar-refractivity contribution < 1.29 is 4.79 Å². The minimum Gasteiger partial charge on any atom is -0.350 e. The maximum Gasteiger partial charge on any atom is 0.273 e. The Morgan fingerprint density at radius 2 is 2.50 bits per heavy atom. The lowest BCUT2D eigenvalue weighted by Crippen LogP contribution is -2.25. The lowest BCUT2D eigenvalue weighted by molar-refractivity contribution is 0.0949. The number of aryl methyl sites for hydroxylation is 1. The molecule has 2 aromatic heterocycles. The fourth-order valence-corrected chi connectivity index (χ4v) is 2.00. The topological polar surface area (TPSA) is 59.8 Å². The number of carbonyl (C=O) groups is 1. The van der Waals surface area contributed by atoms with Gasteiger partial charge in [0, 0.05) is 13.6 Å². The third-order valence-electron chi connectivity index (χ3n) is 2.11. The first-order valence-corrected chi connectivity index (χ1v) is 5.85. The van der Waals surface area contributed by atoms with Gasteiger partial charge in [0.15, 0.2) is 5.69 Å². The Morgan fingerprint density at radius 1 is 1.62 bits per heavy atom. The van der Waals surface area contributed by atoms with Gasteiger partial charge in [-0.3, -0.25) is 9.48 Å². The van der Waals surface area contributed by atoms with Crippen molar-refractivity contribution in [3.05, 3.63) is 34.3 Å². The first-order chi connectivity index (χ1) is 7.75. The van der Waals surface area contributed by atoms with Gasteiger partial charge in [0.05, 0.1) is 6.20 Å². The number of nitrogens with one attached hydrogen (secondary N) is 1. The van der Waals surface area contributed by atoms with Gasteiger partial charge < -0.3 is 5.32 Å². The maximum atomic E-state index is 11.6. The normalized spacial score (nSPS) is 10.3. The molecule has 1 N–H and O–H groups in total. The van der Waals surface area contributed by atoms with Gasteiger partial charge in [-0.2, -0.15) is 11.3 Å². The number of nitrogens with zero attached hydrogens (tertiary/aromatic N) is 3. The van der Waals surface area contributed by atoms with Crippen molar-refractivity contribution in [2.75, 3.05) is 6.54 Å². The highest BCUT2D eigenvalue weighted by Gasteiger charge is 2.08. The molecule has 1 amide bonds. The van der Waals surface area contributed by atoms with Gasteiger partial charge in [0.25, 0.3) is 5.91 Å². The Labute approximate surface area is 97.1 Å². The molecule has 0 aliphatic heterocycles. The van der Waals surface area contributed by atoms with Crippen molar-refractivity contribution in [3.8, 4) is 0 Å². The molecule has 0 fully saturated rings. The zero-order chi connectivity index (χ0) is 11.4. The molecule has 0 saturated heterocycles. The Morgan fingerprint density at radius 3 is 3.12 bits per heavy atom. The Kier molecular flexibility index (Phi) is 3.31. The van der Waals surface area contributed by atoms with Crippen LogP contribution in [0.15, 0.2) is 23.0 Å². The third kappa shape index (κ3) is 2.66. The molecule has 0 bridgehead atoms. The van der Waals surface area contributed by atoms with Crippen molar-refractivity contribution >= 4 is 17.2 Å². The molecule has 5 nitrogen and oxygen atoms in total. The van der Waals surface area contributed by atoms with Gasteiger partial charge in [-0.1, -0.05) is 5.21 Å². The van der Waals surface area contributed by atoms with Crippen LogP contribution in [0.1, 0.15) is 16.1 Å². The van der Waals surface area contributed by atoms with Gasteiger partial charge in [-0.05, 0) is 28.8 Å². The molecule has 16 heavy (non-hydrogen) atoms. The highest BCUT2D eigenvalue weighted by atomic mass is 32.1. The number of hydrogen-bond donors (Lipinski definition) is 1. The second-order valence-corrected chi connectivity index (χ2v) is 4.19. The summed E-state index contributed by atoms with van der Waals surface area (Å²) in [7, 11) is 1.73. The molecule has 0 unspecified atom stereocenters. The Bertz CT molecular complexity index is 463. The minimum atomic E-state index is -0.177. The summed E-state index contributed by atoms with van der Waals surface area (Å²) in [6.07, 6.45) is 2.44. The largest absolute Gasteiger partial charge is 0.350 e. The smallest absolute Gasteiger partial charge is 0.273 e. The van der Waals surface area contributed by atoms with Crippen LogP contribution < -0.4 is 5.32 Å². The third-order valence-corrected chi connectivity index (χ3v) is 2.85. The van der Waals surface area contributed by atoms with Crippen molar-refractivity contribution in [1.82, 2.24) is 20.3 Å². The minimum absolute atomic E-state index is 0.177. The molecule has 0 radical (unpaired) electrons. The van der Waals surface area contributed by atoms with E-state index in [1.807, 2.05) is 5.38 Å². The standard InChI is InChI=1S/C10H12N4OS/c1-14-6-9(12-13-14)10(15)11-4-2-8-3-5-16-7-8/h3,5-7H,2,4H2,1H3,(H,11,15). The summed E-state index contributed by atoms with van der Waals surface area (Å²) < 4.78 is 1.51. The van der Waals surface area contributed by atoms with Gasteiger partial charge in [0.2, 0.25) is 0 Å². The fraction of sp³-hybridized carbons (Fsp3) is 0.300. The van der Waals surface area contributed by atoms with Crippen molar-refractivity contribution in [2.45, 2.75) is 6.42 Å². The number of thiophene rings is 1. The maximum absolute atomic E-state index is 11.6. The van der Waals surface area contributed by atoms with Crippen LogP contribution in [0, 0.1) is 0 Å². The van der Waals surface area contributed by atoms with E-state index in [1.54, 1.807) is 24.6 Å². The summed E-state index contributed by atoms with van der Waals surface area (Å²) >= 11 is 1.66. The average Bonchev–Trinajstić information content (AvgIpc) is 2.89. The van der Waals surface area contributed by atoms with Crippen molar-refractivity contribution in [1.29, 1.82) is 0 Å². The van der Waals surface area contributed by atoms with E-state index in [0.717, 1.165) is 6.42 Å². The zero-order valence-corrected chi connectivity index (χ0v) is 9.70. The van der Waals surface area contributed by atoms with Gasteiger partial charge in [-0.15, -0.1) is 5.10 Å². The molecular weight excluding hydrogens is 224 g/mol. The van der Waals surface area contributed by atoms with Crippen LogP contribution in [0.3, 0.4) is 0 Å². The molecular formula is C10H12N4OS. The van der Waals surface area contributed by atoms with Crippen LogP contribution in [0.5, 0.6) is 0 Å². The van der Waals surface area contributed by atoms with Gasteiger partial charge in [-0.25, -0.2) is 0 Å². The highest BCUT2D eigenvalue weighted by Crippen LogP contribution is 2.05. The van der Waals surface area contributed by atoms with Crippen molar-refractivity contribution in [3.63, 3.8) is 0 Å². The summed E-state index contributed by atoms with van der Waals surface area (Å²) in [5.41, 5.74) is 1.59. The zero-order valence-electron chi connectivity index (χ0n) is 8.88. The Hall–Kier alpha value is -1.69. The molecule has 0 saturated carbocycles. The number of amides is 1. The van der Waals surface area contributed by atoms with Crippen LogP contribution in [0.25, 0.3) is 0 Å². The van der Waals surface area contributed by atoms with E-state index in [0.29, 0.717) is 12.2 Å². The lowest BCUT2D eigenvalue weighted by Gasteiger charge is -2.00. The van der Waals surface area contributed by atoms with E-state index in [-0.39, 0.29) is 5.91 Å². The molecule has 84 valence electrons. The molecule has 0 aliphatic carbocycles. The second-order valence-electron chi connectivity index (χ2n) is 3.41. The average molecular weight is 236 g/mol. The SMILES string of the molecule is Cn1cc(C(=O)NCCc2ccsc2)nn1. The molecule has 0 spiro atoms. The lowest BCUT2D eigenvalue weighted by atomic mass is 10.2. The van der Waals surface area contributed by atoms with Crippen LogP contribution in [0.2, 0.25) is 0 Å². The van der Waals surface area contributed by atoms with Crippen LogP contribution in [0.4, 0.5) is 0 Å². The quantitative estimate of drug-likeness (QED) is 0.856. The predicted octanol–water partition coefficient (Wildman–Crippen LogP) is 0.849. The number of hydrogen-bond acceptors (Lipinski definition) is 4. The summed E-state index contributed by atoms with van der Waals surface area (Å²) in [6, 6.07) is 2.05. The first-order valence-electron chi connectivity index (χ1n) is 4.91. The first kappa shape index (κ1) is 10.8. The van der Waals surface area contributed by atoms with E-state index in [2.05, 4.69) is 27.1 Å². The molecule has 2 aromatic rings. The van der Waals surface area contributed by atoms with E-state index in [4.69, 9.17) is 0 Å². The summed E-state index contributed by atoms with van der Waals surface area (Å²) in [5.74, 6) is -0.177. The molecule has 6 heteroatoms. The van der Waals surface area contributed by atoms with Crippen LogP contribution in [-0.4, -0.2) is 27.4 Å². The fourth-order valence-electron chi connectivity index (χ4n) is 1.30. The van der Waals surface area contributed by atoms with Gasteiger partial charge in [0.1, 0.15) is 0 Å². The Balaban J connectivity index is 1.80. The monoisotopic (exact) mass is 236 g/mol.